The third-order valence-corrected chi connectivity index (χ3v) is 4.47. The lowest BCUT2D eigenvalue weighted by atomic mass is 9.96. The molecule has 0 spiro atoms. The molecule has 1 fully saturated rings. The van der Waals surface area contributed by atoms with Gasteiger partial charge in [-0.1, -0.05) is 30.3 Å². The summed E-state index contributed by atoms with van der Waals surface area (Å²) >= 11 is 0. The van der Waals surface area contributed by atoms with Gasteiger partial charge in [-0.15, -0.1) is 0 Å². The number of likely N-dealkylation sites (N-methyl/N-ethyl adjacent to an activating group) is 1. The first-order valence-electron chi connectivity index (χ1n) is 7.29. The van der Waals surface area contributed by atoms with E-state index in [0.717, 1.165) is 30.9 Å². The summed E-state index contributed by atoms with van der Waals surface area (Å²) in [6.45, 7) is 1.57. The number of nitrogens with zero attached hydrogens (tertiary/aromatic N) is 3. The smallest absolute Gasteiger partial charge is 0.249 e. The van der Waals surface area contributed by atoms with Gasteiger partial charge in [0.1, 0.15) is 11.9 Å². The molecule has 0 unspecified atom stereocenters. The van der Waals surface area contributed by atoms with Crippen LogP contribution in [0.15, 0.2) is 42.6 Å². The van der Waals surface area contributed by atoms with Crippen LogP contribution in [-0.4, -0.2) is 35.9 Å². The van der Waals surface area contributed by atoms with Crippen molar-refractivity contribution in [3.8, 4) is 0 Å². The van der Waals surface area contributed by atoms with Crippen molar-refractivity contribution in [3.05, 3.63) is 59.3 Å². The quantitative estimate of drug-likeness (QED) is 0.740. The molecular formula is C17H17N3O. The number of benzene rings is 1. The number of hydrogen-bond donors (Lipinski definition) is 0. The molecule has 4 nitrogen and oxygen atoms in total. The Kier molecular flexibility index (Phi) is 2.70. The second-order valence-electron chi connectivity index (χ2n) is 5.72. The van der Waals surface area contributed by atoms with Crippen LogP contribution in [0.4, 0.5) is 5.82 Å². The molecule has 0 radical (unpaired) electrons. The molecule has 1 aromatic carbocycles. The summed E-state index contributed by atoms with van der Waals surface area (Å²) < 4.78 is 0. The van der Waals surface area contributed by atoms with E-state index < -0.39 is 0 Å². The Labute approximate surface area is 124 Å². The van der Waals surface area contributed by atoms with Gasteiger partial charge in [0.2, 0.25) is 5.91 Å². The van der Waals surface area contributed by atoms with Gasteiger partial charge < -0.3 is 9.80 Å². The Morgan fingerprint density at radius 2 is 1.90 bits per heavy atom. The van der Waals surface area contributed by atoms with Crippen LogP contribution in [0, 0.1) is 0 Å². The summed E-state index contributed by atoms with van der Waals surface area (Å²) in [7, 11) is 1.88. The monoisotopic (exact) mass is 279 g/mol. The van der Waals surface area contributed by atoms with Crippen molar-refractivity contribution in [3.63, 3.8) is 0 Å². The van der Waals surface area contributed by atoms with Crippen molar-refractivity contribution in [1.29, 1.82) is 0 Å². The third-order valence-electron chi connectivity index (χ3n) is 4.47. The van der Waals surface area contributed by atoms with E-state index >= 15 is 0 Å². The maximum Gasteiger partial charge on any atom is 0.249 e. The molecule has 1 aromatic heterocycles. The molecule has 3 heterocycles. The third kappa shape index (κ3) is 1.82. The first-order valence-corrected chi connectivity index (χ1v) is 7.29. The van der Waals surface area contributed by atoms with Gasteiger partial charge >= 0.3 is 0 Å². The van der Waals surface area contributed by atoms with Gasteiger partial charge in [0.25, 0.3) is 0 Å². The molecule has 1 atom stereocenters. The van der Waals surface area contributed by atoms with E-state index in [1.54, 1.807) is 0 Å². The molecule has 2 aromatic rings. The molecular weight excluding hydrogens is 262 g/mol. The number of fused-ring (bicyclic) bond motifs is 5. The van der Waals surface area contributed by atoms with Gasteiger partial charge in [-0.05, 0) is 22.8 Å². The average Bonchev–Trinajstić information content (AvgIpc) is 2.65. The van der Waals surface area contributed by atoms with E-state index in [1.807, 2.05) is 36.3 Å². The number of aromatic nitrogens is 1. The highest BCUT2D eigenvalue weighted by Gasteiger charge is 2.38. The van der Waals surface area contributed by atoms with Crippen LogP contribution < -0.4 is 4.90 Å². The largest absolute Gasteiger partial charge is 0.342 e. The highest BCUT2D eigenvalue weighted by Crippen LogP contribution is 2.38. The molecule has 0 bridgehead atoms. The number of pyridine rings is 1. The SMILES string of the molecule is CN1CCN2c3ncccc3Cc3ccccc3[C@@H]2C1=O. The number of hydrogen-bond acceptors (Lipinski definition) is 3. The van der Waals surface area contributed by atoms with Crippen molar-refractivity contribution >= 4 is 11.7 Å². The van der Waals surface area contributed by atoms with Gasteiger partial charge in [0.15, 0.2) is 0 Å². The summed E-state index contributed by atoms with van der Waals surface area (Å²) in [5.74, 6) is 1.12. The van der Waals surface area contributed by atoms with Gasteiger partial charge in [-0.2, -0.15) is 0 Å². The number of rotatable bonds is 0. The van der Waals surface area contributed by atoms with Crippen LogP contribution in [0.25, 0.3) is 0 Å². The molecule has 4 rings (SSSR count). The number of anilines is 1. The summed E-state index contributed by atoms with van der Waals surface area (Å²) in [6, 6.07) is 12.1. The second kappa shape index (κ2) is 4.58. The average molecular weight is 279 g/mol. The Morgan fingerprint density at radius 1 is 1.10 bits per heavy atom. The molecule has 4 heteroatoms. The first-order chi connectivity index (χ1) is 10.3. The second-order valence-corrected chi connectivity index (χ2v) is 5.72. The molecule has 21 heavy (non-hydrogen) atoms. The lowest BCUT2D eigenvalue weighted by Crippen LogP contribution is -2.51. The predicted molar refractivity (Wildman–Crippen MR) is 81.2 cm³/mol. The molecule has 106 valence electrons. The Hall–Kier alpha value is -2.36. The minimum Gasteiger partial charge on any atom is -0.342 e. The summed E-state index contributed by atoms with van der Waals surface area (Å²) in [6.07, 6.45) is 2.65. The standard InChI is InChI=1S/C17H17N3O/c1-19-9-10-20-15(17(19)21)14-7-3-2-5-12(14)11-13-6-4-8-18-16(13)20/h2-8,15H,9-11H2,1H3/t15-/m1/s1. The summed E-state index contributed by atoms with van der Waals surface area (Å²) in [4.78, 5) is 21.3. The van der Waals surface area contributed by atoms with Crippen LogP contribution >= 0.6 is 0 Å². The van der Waals surface area contributed by atoms with Crippen molar-refractivity contribution in [1.82, 2.24) is 9.88 Å². The predicted octanol–water partition coefficient (Wildman–Crippen LogP) is 2.01. The normalized spacial score (nSPS) is 20.4. The van der Waals surface area contributed by atoms with E-state index in [2.05, 4.69) is 28.1 Å². The topological polar surface area (TPSA) is 36.4 Å². The lowest BCUT2D eigenvalue weighted by Gasteiger charge is -2.40. The molecule has 0 aliphatic carbocycles. The van der Waals surface area contributed by atoms with Crippen LogP contribution in [0.1, 0.15) is 22.7 Å². The molecule has 2 aliphatic rings. The Morgan fingerprint density at radius 3 is 2.81 bits per heavy atom. The maximum atomic E-state index is 12.7. The number of piperazine rings is 1. The van der Waals surface area contributed by atoms with Crippen molar-refractivity contribution in [2.45, 2.75) is 12.5 Å². The summed E-state index contributed by atoms with van der Waals surface area (Å²) in [5.41, 5.74) is 3.54. The minimum absolute atomic E-state index is 0.159. The number of carbonyl (C=O) groups is 1. The fourth-order valence-corrected chi connectivity index (χ4v) is 3.36. The fraction of sp³-hybridized carbons (Fsp3) is 0.294. The van der Waals surface area contributed by atoms with Gasteiger partial charge in [0.05, 0.1) is 0 Å². The molecule has 0 saturated carbocycles. The lowest BCUT2D eigenvalue weighted by molar-refractivity contribution is -0.133. The van der Waals surface area contributed by atoms with Crippen LogP contribution in [0.3, 0.4) is 0 Å². The van der Waals surface area contributed by atoms with Crippen molar-refractivity contribution < 1.29 is 4.79 Å². The Bertz CT molecular complexity index is 713. The van der Waals surface area contributed by atoms with Crippen molar-refractivity contribution in [2.75, 3.05) is 25.0 Å². The zero-order chi connectivity index (χ0) is 14.4. The number of amides is 1. The first kappa shape index (κ1) is 12.4. The number of carbonyl (C=O) groups excluding carboxylic acids is 1. The van der Waals surface area contributed by atoms with Crippen LogP contribution in [0.2, 0.25) is 0 Å². The van der Waals surface area contributed by atoms with Gasteiger partial charge in [0, 0.05) is 32.8 Å². The molecule has 1 amide bonds. The van der Waals surface area contributed by atoms with Crippen LogP contribution in [-0.2, 0) is 11.2 Å². The van der Waals surface area contributed by atoms with E-state index in [-0.39, 0.29) is 11.9 Å². The van der Waals surface area contributed by atoms with E-state index in [4.69, 9.17) is 0 Å². The molecule has 2 aliphatic heterocycles. The van der Waals surface area contributed by atoms with E-state index in [9.17, 15) is 4.79 Å². The van der Waals surface area contributed by atoms with E-state index in [0.29, 0.717) is 0 Å². The molecule has 0 N–H and O–H groups in total. The van der Waals surface area contributed by atoms with Gasteiger partial charge in [-0.3, -0.25) is 4.79 Å². The highest BCUT2D eigenvalue weighted by molar-refractivity contribution is 5.88. The molecule has 1 saturated heterocycles. The van der Waals surface area contributed by atoms with Crippen LogP contribution in [0.5, 0.6) is 0 Å². The zero-order valence-electron chi connectivity index (χ0n) is 12.0. The van der Waals surface area contributed by atoms with Crippen molar-refractivity contribution in [2.24, 2.45) is 0 Å². The Balaban J connectivity index is 1.95. The van der Waals surface area contributed by atoms with Gasteiger partial charge in [-0.25, -0.2) is 4.98 Å². The minimum atomic E-state index is -0.240. The highest BCUT2D eigenvalue weighted by atomic mass is 16.2. The van der Waals surface area contributed by atoms with E-state index in [1.165, 1.54) is 11.1 Å². The summed E-state index contributed by atoms with van der Waals surface area (Å²) in [5, 5.41) is 0. The maximum absolute atomic E-state index is 12.7. The fourth-order valence-electron chi connectivity index (χ4n) is 3.36. The zero-order valence-corrected chi connectivity index (χ0v) is 12.0.